The first-order valence-electron chi connectivity index (χ1n) is 6.62. The van der Waals surface area contributed by atoms with Crippen molar-refractivity contribution in [1.82, 2.24) is 15.6 Å². The minimum Gasteiger partial charge on any atom is -0.366 e. The van der Waals surface area contributed by atoms with Gasteiger partial charge in [0.25, 0.3) is 0 Å². The van der Waals surface area contributed by atoms with Gasteiger partial charge < -0.3 is 15.5 Å². The molecule has 1 unspecified atom stereocenters. The maximum Gasteiger partial charge on any atom is 0.239 e. The van der Waals surface area contributed by atoms with Crippen LogP contribution in [0.25, 0.3) is 0 Å². The van der Waals surface area contributed by atoms with E-state index in [2.05, 4.69) is 15.6 Å². The smallest absolute Gasteiger partial charge is 0.239 e. The van der Waals surface area contributed by atoms with Gasteiger partial charge in [0.2, 0.25) is 5.91 Å². The Balaban J connectivity index is 1.67. The van der Waals surface area contributed by atoms with Crippen LogP contribution in [0.15, 0.2) is 18.5 Å². The highest BCUT2D eigenvalue weighted by atomic mass is 19.1. The van der Waals surface area contributed by atoms with Gasteiger partial charge in [0.15, 0.2) is 5.82 Å². The van der Waals surface area contributed by atoms with Crippen LogP contribution in [-0.2, 0) is 4.79 Å². The predicted molar refractivity (Wildman–Crippen MR) is 69.4 cm³/mol. The number of anilines is 1. The number of piperazine rings is 1. The van der Waals surface area contributed by atoms with Crippen molar-refractivity contribution < 1.29 is 9.18 Å². The summed E-state index contributed by atoms with van der Waals surface area (Å²) in [6.45, 7) is 1.85. The zero-order chi connectivity index (χ0) is 13.2. The van der Waals surface area contributed by atoms with E-state index in [1.807, 2.05) is 4.90 Å². The molecule has 1 atom stereocenters. The molecule has 102 valence electrons. The Morgan fingerprint density at radius 1 is 1.53 bits per heavy atom. The van der Waals surface area contributed by atoms with E-state index >= 15 is 0 Å². The quantitative estimate of drug-likeness (QED) is 0.823. The monoisotopic (exact) mass is 264 g/mol. The molecule has 19 heavy (non-hydrogen) atoms. The highest BCUT2D eigenvalue weighted by Crippen LogP contribution is 2.21. The minimum absolute atomic E-state index is 0.0154. The summed E-state index contributed by atoms with van der Waals surface area (Å²) in [6, 6.07) is 1.72. The fourth-order valence-corrected chi connectivity index (χ4v) is 2.30. The lowest BCUT2D eigenvalue weighted by atomic mass is 10.1. The fraction of sp³-hybridized carbons (Fsp3) is 0.538. The Morgan fingerprint density at radius 2 is 2.37 bits per heavy atom. The molecule has 2 N–H and O–H groups in total. The molecule has 1 amide bonds. The summed E-state index contributed by atoms with van der Waals surface area (Å²) in [7, 11) is 0. The van der Waals surface area contributed by atoms with E-state index in [4.69, 9.17) is 0 Å². The molecule has 6 heteroatoms. The van der Waals surface area contributed by atoms with Crippen molar-refractivity contribution in [1.29, 1.82) is 0 Å². The van der Waals surface area contributed by atoms with Gasteiger partial charge in [0.05, 0.1) is 11.9 Å². The molecular formula is C13H17FN4O. The van der Waals surface area contributed by atoms with E-state index in [0.717, 1.165) is 12.8 Å². The molecule has 1 saturated heterocycles. The predicted octanol–water partition coefficient (Wildman–Crippen LogP) is 0.277. The number of nitrogens with zero attached hydrogens (tertiary/aromatic N) is 2. The van der Waals surface area contributed by atoms with Crippen molar-refractivity contribution >= 4 is 11.6 Å². The third-order valence-corrected chi connectivity index (χ3v) is 3.51. The molecule has 0 aromatic carbocycles. The first-order chi connectivity index (χ1) is 9.24. The summed E-state index contributed by atoms with van der Waals surface area (Å²) >= 11 is 0. The van der Waals surface area contributed by atoms with Gasteiger partial charge in [-0.15, -0.1) is 0 Å². The van der Waals surface area contributed by atoms with Crippen LogP contribution in [0.2, 0.25) is 0 Å². The van der Waals surface area contributed by atoms with Crippen LogP contribution in [0.4, 0.5) is 10.1 Å². The lowest BCUT2D eigenvalue weighted by Crippen LogP contribution is -2.57. The number of carbonyl (C=O) groups excluding carboxylic acids is 1. The van der Waals surface area contributed by atoms with E-state index < -0.39 is 0 Å². The highest BCUT2D eigenvalue weighted by Gasteiger charge is 2.30. The molecule has 3 rings (SSSR count). The Kier molecular flexibility index (Phi) is 3.33. The second-order valence-electron chi connectivity index (χ2n) is 5.06. The van der Waals surface area contributed by atoms with Crippen LogP contribution in [0.3, 0.4) is 0 Å². The van der Waals surface area contributed by atoms with Crippen molar-refractivity contribution in [2.75, 3.05) is 24.5 Å². The van der Waals surface area contributed by atoms with Crippen LogP contribution >= 0.6 is 0 Å². The summed E-state index contributed by atoms with van der Waals surface area (Å²) < 4.78 is 13.7. The molecular weight excluding hydrogens is 247 g/mol. The van der Waals surface area contributed by atoms with Gasteiger partial charge in [-0.05, 0) is 18.9 Å². The Labute approximate surface area is 111 Å². The van der Waals surface area contributed by atoms with E-state index in [1.165, 1.54) is 6.20 Å². The second kappa shape index (κ2) is 5.13. The maximum absolute atomic E-state index is 13.7. The lowest BCUT2D eigenvalue weighted by molar-refractivity contribution is -0.123. The number of hydrogen-bond donors (Lipinski definition) is 2. The SMILES string of the molecule is O=C(NC1CC1)C1CN(c2ccncc2F)CCN1. The number of carbonyl (C=O) groups is 1. The van der Waals surface area contributed by atoms with E-state index in [1.54, 1.807) is 12.3 Å². The van der Waals surface area contributed by atoms with Gasteiger partial charge in [0, 0.05) is 31.9 Å². The molecule has 0 spiro atoms. The molecule has 2 fully saturated rings. The van der Waals surface area contributed by atoms with Crippen LogP contribution < -0.4 is 15.5 Å². The van der Waals surface area contributed by atoms with Gasteiger partial charge in [0.1, 0.15) is 6.04 Å². The van der Waals surface area contributed by atoms with Gasteiger partial charge in [-0.25, -0.2) is 4.39 Å². The van der Waals surface area contributed by atoms with E-state index in [0.29, 0.717) is 31.4 Å². The first-order valence-corrected chi connectivity index (χ1v) is 6.62. The third-order valence-electron chi connectivity index (χ3n) is 3.51. The molecule has 1 aromatic rings. The second-order valence-corrected chi connectivity index (χ2v) is 5.06. The standard InChI is InChI=1S/C13H17FN4O/c14-10-7-15-4-3-12(10)18-6-5-16-11(8-18)13(19)17-9-1-2-9/h3-4,7,9,11,16H,1-2,5-6,8H2,(H,17,19). The summed E-state index contributed by atoms with van der Waals surface area (Å²) in [5.74, 6) is -0.326. The van der Waals surface area contributed by atoms with Gasteiger partial charge in [-0.2, -0.15) is 0 Å². The zero-order valence-electron chi connectivity index (χ0n) is 10.6. The zero-order valence-corrected chi connectivity index (χ0v) is 10.6. The molecule has 0 radical (unpaired) electrons. The van der Waals surface area contributed by atoms with Crippen molar-refractivity contribution in [3.63, 3.8) is 0 Å². The fourth-order valence-electron chi connectivity index (χ4n) is 2.30. The summed E-state index contributed by atoms with van der Waals surface area (Å²) in [4.78, 5) is 17.6. The summed E-state index contributed by atoms with van der Waals surface area (Å²) in [6.07, 6.45) is 4.92. The molecule has 1 aliphatic carbocycles. The molecule has 1 aromatic heterocycles. The van der Waals surface area contributed by atoms with Crippen LogP contribution in [0, 0.1) is 5.82 Å². The van der Waals surface area contributed by atoms with Crippen LogP contribution in [0.1, 0.15) is 12.8 Å². The normalized spacial score (nSPS) is 23.2. The van der Waals surface area contributed by atoms with Crippen molar-refractivity contribution in [3.05, 3.63) is 24.3 Å². The van der Waals surface area contributed by atoms with Crippen LogP contribution in [0.5, 0.6) is 0 Å². The van der Waals surface area contributed by atoms with Gasteiger partial charge in [-0.3, -0.25) is 9.78 Å². The average molecular weight is 264 g/mol. The molecule has 5 nitrogen and oxygen atoms in total. The topological polar surface area (TPSA) is 57.3 Å². The number of rotatable bonds is 3. The molecule has 2 aliphatic rings. The highest BCUT2D eigenvalue weighted by molar-refractivity contribution is 5.83. The Bertz CT molecular complexity index is 477. The molecule has 0 bridgehead atoms. The largest absolute Gasteiger partial charge is 0.366 e. The van der Waals surface area contributed by atoms with Gasteiger partial charge in [-0.1, -0.05) is 0 Å². The number of amides is 1. The molecule has 1 saturated carbocycles. The number of pyridine rings is 1. The number of hydrogen-bond acceptors (Lipinski definition) is 4. The number of aromatic nitrogens is 1. The third kappa shape index (κ3) is 2.84. The van der Waals surface area contributed by atoms with E-state index in [-0.39, 0.29) is 17.8 Å². The number of nitrogens with one attached hydrogen (secondary N) is 2. The Hall–Kier alpha value is -1.69. The van der Waals surface area contributed by atoms with Crippen molar-refractivity contribution in [2.24, 2.45) is 0 Å². The van der Waals surface area contributed by atoms with E-state index in [9.17, 15) is 9.18 Å². The first kappa shape index (κ1) is 12.3. The summed E-state index contributed by atoms with van der Waals surface area (Å²) in [5, 5.41) is 6.16. The molecule has 1 aliphatic heterocycles. The average Bonchev–Trinajstić information content (AvgIpc) is 3.23. The molecule has 2 heterocycles. The van der Waals surface area contributed by atoms with Crippen LogP contribution in [-0.4, -0.2) is 42.6 Å². The summed E-state index contributed by atoms with van der Waals surface area (Å²) in [5.41, 5.74) is 0.515. The minimum atomic E-state index is -0.342. The number of halogens is 1. The lowest BCUT2D eigenvalue weighted by Gasteiger charge is -2.34. The maximum atomic E-state index is 13.7. The Morgan fingerprint density at radius 3 is 3.11 bits per heavy atom. The van der Waals surface area contributed by atoms with Crippen molar-refractivity contribution in [3.8, 4) is 0 Å². The van der Waals surface area contributed by atoms with Crippen molar-refractivity contribution in [2.45, 2.75) is 24.9 Å². The van der Waals surface area contributed by atoms with Gasteiger partial charge >= 0.3 is 0 Å².